The maximum Gasteiger partial charge on any atom is 0.329 e. The lowest BCUT2D eigenvalue weighted by molar-refractivity contribution is -0.152. The van der Waals surface area contributed by atoms with Gasteiger partial charge in [-0.15, -0.1) is 0 Å². The highest BCUT2D eigenvalue weighted by molar-refractivity contribution is 7.90. The first-order valence-electron chi connectivity index (χ1n) is 8.03. The van der Waals surface area contributed by atoms with Gasteiger partial charge in [-0.3, -0.25) is 9.59 Å². The van der Waals surface area contributed by atoms with E-state index in [-0.39, 0.29) is 17.7 Å². The molecule has 0 saturated carbocycles. The number of ether oxygens (including phenoxy) is 2. The molecule has 1 atom stereocenters. The lowest BCUT2D eigenvalue weighted by Crippen LogP contribution is -2.44. The number of benzene rings is 1. The molecule has 0 aliphatic carbocycles. The van der Waals surface area contributed by atoms with Crippen LogP contribution in [0.4, 0.5) is 0 Å². The van der Waals surface area contributed by atoms with Gasteiger partial charge in [-0.2, -0.15) is 0 Å². The summed E-state index contributed by atoms with van der Waals surface area (Å²) in [5.74, 6) is -1.99. The van der Waals surface area contributed by atoms with Crippen molar-refractivity contribution in [3.63, 3.8) is 0 Å². The fourth-order valence-corrected chi connectivity index (χ4v) is 2.68. The van der Waals surface area contributed by atoms with Gasteiger partial charge in [0.05, 0.1) is 18.4 Å². The van der Waals surface area contributed by atoms with Gasteiger partial charge in [0.15, 0.2) is 6.61 Å². The van der Waals surface area contributed by atoms with Gasteiger partial charge >= 0.3 is 5.97 Å². The Morgan fingerprint density at radius 2 is 1.81 bits per heavy atom. The third kappa shape index (κ3) is 7.65. The van der Waals surface area contributed by atoms with Crippen molar-refractivity contribution in [3.05, 3.63) is 29.8 Å². The Hall–Kier alpha value is -2.62. The minimum Gasteiger partial charge on any atom is -0.496 e. The summed E-state index contributed by atoms with van der Waals surface area (Å²) < 4.78 is 32.9. The number of carbonyl (C=O) groups excluding carboxylic acids is 3. The van der Waals surface area contributed by atoms with Gasteiger partial charge in [0.25, 0.3) is 11.8 Å². The lowest BCUT2D eigenvalue weighted by atomic mass is 10.1. The first kappa shape index (κ1) is 22.4. The lowest BCUT2D eigenvalue weighted by Gasteiger charge is -2.19. The summed E-state index contributed by atoms with van der Waals surface area (Å²) in [6.45, 7) is -0.508. The number of rotatable bonds is 9. The van der Waals surface area contributed by atoms with E-state index >= 15 is 0 Å². The Bertz CT molecular complexity index is 790. The number of nitrogens with one attached hydrogen (secondary N) is 1. The largest absolute Gasteiger partial charge is 0.496 e. The topological polar surface area (TPSA) is 119 Å². The van der Waals surface area contributed by atoms with Crippen LogP contribution in [0.1, 0.15) is 16.8 Å². The van der Waals surface area contributed by atoms with E-state index < -0.39 is 40.3 Å². The van der Waals surface area contributed by atoms with Gasteiger partial charge in [-0.05, 0) is 18.6 Å². The number of hydrogen-bond donors (Lipinski definition) is 1. The summed E-state index contributed by atoms with van der Waals surface area (Å²) in [6.07, 6.45) is 0.835. The Morgan fingerprint density at radius 3 is 2.37 bits per heavy atom. The van der Waals surface area contributed by atoms with Crippen molar-refractivity contribution in [1.82, 2.24) is 10.2 Å². The minimum absolute atomic E-state index is 0.182. The molecule has 0 aromatic heterocycles. The maximum absolute atomic E-state index is 12.5. The molecular formula is C17H24N2O7S. The van der Waals surface area contributed by atoms with Gasteiger partial charge < -0.3 is 19.7 Å². The molecule has 0 heterocycles. The summed E-state index contributed by atoms with van der Waals surface area (Å²) >= 11 is 0. The van der Waals surface area contributed by atoms with E-state index in [1.165, 1.54) is 32.2 Å². The van der Waals surface area contributed by atoms with Crippen LogP contribution in [0.2, 0.25) is 0 Å². The summed E-state index contributed by atoms with van der Waals surface area (Å²) in [4.78, 5) is 37.6. The van der Waals surface area contributed by atoms with Gasteiger partial charge in [-0.25, -0.2) is 13.2 Å². The Labute approximate surface area is 158 Å². The van der Waals surface area contributed by atoms with Crippen LogP contribution >= 0.6 is 0 Å². The molecule has 1 N–H and O–H groups in total. The Morgan fingerprint density at radius 1 is 1.19 bits per heavy atom. The number of carbonyl (C=O) groups is 3. The van der Waals surface area contributed by atoms with Crippen molar-refractivity contribution in [2.45, 2.75) is 12.5 Å². The fourth-order valence-electron chi connectivity index (χ4n) is 2.01. The zero-order valence-corrected chi connectivity index (χ0v) is 16.5. The number of para-hydroxylation sites is 1. The molecule has 0 saturated heterocycles. The highest BCUT2D eigenvalue weighted by atomic mass is 32.2. The Kier molecular flexibility index (Phi) is 8.23. The number of sulfone groups is 1. The van der Waals surface area contributed by atoms with Gasteiger partial charge in [0, 0.05) is 20.4 Å². The average molecular weight is 400 g/mol. The molecule has 0 aliphatic heterocycles. The smallest absolute Gasteiger partial charge is 0.329 e. The highest BCUT2D eigenvalue weighted by Gasteiger charge is 2.26. The third-order valence-corrected chi connectivity index (χ3v) is 4.53. The van der Waals surface area contributed by atoms with Crippen LogP contribution in [0.5, 0.6) is 5.75 Å². The van der Waals surface area contributed by atoms with E-state index in [9.17, 15) is 22.8 Å². The fraction of sp³-hybridized carbons (Fsp3) is 0.471. The molecule has 2 amide bonds. The van der Waals surface area contributed by atoms with Crippen molar-refractivity contribution in [1.29, 1.82) is 0 Å². The molecule has 0 radical (unpaired) electrons. The third-order valence-electron chi connectivity index (χ3n) is 3.56. The van der Waals surface area contributed by atoms with E-state index in [0.717, 1.165) is 6.26 Å². The van der Waals surface area contributed by atoms with Crippen LogP contribution in [-0.2, 0) is 24.2 Å². The molecule has 1 aromatic rings. The van der Waals surface area contributed by atoms with Gasteiger partial charge in [-0.1, -0.05) is 12.1 Å². The van der Waals surface area contributed by atoms with Crippen molar-refractivity contribution in [2.24, 2.45) is 0 Å². The minimum atomic E-state index is -3.37. The number of hydrogen-bond acceptors (Lipinski definition) is 7. The second-order valence-corrected chi connectivity index (χ2v) is 8.30. The van der Waals surface area contributed by atoms with Crippen LogP contribution in [0.3, 0.4) is 0 Å². The molecule has 0 aliphatic rings. The van der Waals surface area contributed by atoms with E-state index in [2.05, 4.69) is 5.32 Å². The quantitative estimate of drug-likeness (QED) is 0.573. The van der Waals surface area contributed by atoms with Crippen LogP contribution in [-0.4, -0.2) is 77.0 Å². The van der Waals surface area contributed by atoms with Crippen molar-refractivity contribution < 1.29 is 32.3 Å². The predicted molar refractivity (Wildman–Crippen MR) is 98.2 cm³/mol. The zero-order valence-electron chi connectivity index (χ0n) is 15.7. The predicted octanol–water partition coefficient (Wildman–Crippen LogP) is -0.140. The van der Waals surface area contributed by atoms with E-state index in [0.29, 0.717) is 5.75 Å². The Balaban J connectivity index is 2.91. The number of amides is 2. The zero-order chi connectivity index (χ0) is 20.6. The first-order valence-corrected chi connectivity index (χ1v) is 10.1. The summed E-state index contributed by atoms with van der Waals surface area (Å²) in [5, 5.41) is 2.45. The second kappa shape index (κ2) is 9.91. The number of likely N-dealkylation sites (N-methyl/N-ethyl adjacent to an activating group) is 1. The van der Waals surface area contributed by atoms with Crippen LogP contribution in [0, 0.1) is 0 Å². The van der Waals surface area contributed by atoms with Crippen LogP contribution < -0.4 is 10.1 Å². The summed E-state index contributed by atoms with van der Waals surface area (Å²) in [6, 6.07) is 5.15. The molecule has 1 aromatic carbocycles. The van der Waals surface area contributed by atoms with Crippen molar-refractivity contribution >= 4 is 27.6 Å². The molecule has 27 heavy (non-hydrogen) atoms. The van der Waals surface area contributed by atoms with Crippen LogP contribution in [0.15, 0.2) is 24.3 Å². The molecule has 0 unspecified atom stereocenters. The SMILES string of the molecule is COc1ccccc1C(=O)N[C@H](CCS(C)(=O)=O)C(=O)OCC(=O)N(C)C. The first-order chi connectivity index (χ1) is 12.5. The van der Waals surface area contributed by atoms with Gasteiger partial charge in [0.1, 0.15) is 21.6 Å². The average Bonchev–Trinajstić information content (AvgIpc) is 2.61. The molecule has 9 nitrogen and oxygen atoms in total. The molecular weight excluding hydrogens is 376 g/mol. The normalized spacial score (nSPS) is 12.0. The molecule has 0 spiro atoms. The highest BCUT2D eigenvalue weighted by Crippen LogP contribution is 2.17. The number of esters is 1. The molecule has 1 rings (SSSR count). The molecule has 10 heteroatoms. The number of methoxy groups -OCH3 is 1. The van der Waals surface area contributed by atoms with E-state index in [4.69, 9.17) is 9.47 Å². The van der Waals surface area contributed by atoms with Crippen LogP contribution in [0.25, 0.3) is 0 Å². The van der Waals surface area contributed by atoms with Gasteiger partial charge in [0.2, 0.25) is 0 Å². The second-order valence-electron chi connectivity index (χ2n) is 6.04. The van der Waals surface area contributed by atoms with Crippen molar-refractivity contribution in [2.75, 3.05) is 39.8 Å². The molecule has 0 fully saturated rings. The summed E-state index contributed by atoms with van der Waals surface area (Å²) in [5.41, 5.74) is 0.182. The summed E-state index contributed by atoms with van der Waals surface area (Å²) in [7, 11) is 1.03. The monoisotopic (exact) mass is 400 g/mol. The molecule has 0 bridgehead atoms. The standard InChI is InChI=1S/C17H24N2O7S/c1-19(2)15(20)11-26-17(22)13(9-10-27(4,23)24)18-16(21)12-7-5-6-8-14(12)25-3/h5-8,13H,9-11H2,1-4H3,(H,18,21)/t13-/m1/s1. The van der Waals surface area contributed by atoms with E-state index in [1.54, 1.807) is 18.2 Å². The van der Waals surface area contributed by atoms with E-state index in [1.807, 2.05) is 0 Å². The molecule has 150 valence electrons. The number of nitrogens with zero attached hydrogens (tertiary/aromatic N) is 1. The maximum atomic E-state index is 12.5. The van der Waals surface area contributed by atoms with Crippen molar-refractivity contribution in [3.8, 4) is 5.75 Å².